The van der Waals surface area contributed by atoms with Crippen molar-refractivity contribution in [3.8, 4) is 11.1 Å². The molecule has 0 aliphatic heterocycles. The molecule has 2 aromatic heterocycles. The summed E-state index contributed by atoms with van der Waals surface area (Å²) in [4.78, 5) is 21.2. The molecule has 2 heterocycles. The van der Waals surface area contributed by atoms with Gasteiger partial charge < -0.3 is 10.6 Å². The molecule has 1 atom stereocenters. The van der Waals surface area contributed by atoms with Crippen LogP contribution >= 0.6 is 0 Å². The summed E-state index contributed by atoms with van der Waals surface area (Å²) >= 11 is 0. The average Bonchev–Trinajstić information content (AvgIpc) is 2.68. The van der Waals surface area contributed by atoms with E-state index in [0.29, 0.717) is 6.04 Å². The van der Waals surface area contributed by atoms with Crippen LogP contribution in [0.25, 0.3) is 11.1 Å². The first-order valence-corrected chi connectivity index (χ1v) is 9.49. The fourth-order valence-electron chi connectivity index (χ4n) is 2.92. The minimum Gasteiger partial charge on any atom is -0.368 e. The minimum atomic E-state index is -0.289. The smallest absolute Gasteiger partial charge is 0.231 e. The minimum absolute atomic E-state index is 0.0566. The largest absolute Gasteiger partial charge is 0.368 e. The van der Waals surface area contributed by atoms with E-state index in [2.05, 4.69) is 34.4 Å². The zero-order chi connectivity index (χ0) is 20.1. The predicted octanol–water partition coefficient (Wildman–Crippen LogP) is 5.01. The standard InChI is InChI=1S/C23H26N4O/c1-15(2)26-22-10-7-20(14-25-22)17(4)23(28)27-21-8-5-18(6-9-21)19-11-12-24-16(3)13-19/h5-15,17H,1-4H3,(H,25,26)(H,27,28). The van der Waals surface area contributed by atoms with Crippen LogP contribution in [0.2, 0.25) is 0 Å². The molecule has 28 heavy (non-hydrogen) atoms. The maximum Gasteiger partial charge on any atom is 0.231 e. The zero-order valence-electron chi connectivity index (χ0n) is 16.7. The van der Waals surface area contributed by atoms with Crippen LogP contribution in [0, 0.1) is 6.92 Å². The highest BCUT2D eigenvalue weighted by Gasteiger charge is 2.16. The Balaban J connectivity index is 1.65. The molecule has 3 rings (SSSR count). The molecule has 0 spiro atoms. The molecule has 2 N–H and O–H groups in total. The summed E-state index contributed by atoms with van der Waals surface area (Å²) in [6.07, 6.45) is 3.56. The molecule has 0 saturated carbocycles. The van der Waals surface area contributed by atoms with Gasteiger partial charge in [-0.15, -0.1) is 0 Å². The van der Waals surface area contributed by atoms with Gasteiger partial charge in [0.2, 0.25) is 5.91 Å². The van der Waals surface area contributed by atoms with Crippen LogP contribution < -0.4 is 10.6 Å². The van der Waals surface area contributed by atoms with Crippen LogP contribution in [0.15, 0.2) is 60.9 Å². The number of nitrogens with one attached hydrogen (secondary N) is 2. The normalized spacial score (nSPS) is 11.9. The van der Waals surface area contributed by atoms with Crippen molar-refractivity contribution in [2.75, 3.05) is 10.6 Å². The molecule has 0 aliphatic carbocycles. The van der Waals surface area contributed by atoms with Gasteiger partial charge in [0.1, 0.15) is 5.82 Å². The first-order chi connectivity index (χ1) is 13.4. The van der Waals surface area contributed by atoms with Gasteiger partial charge in [-0.1, -0.05) is 18.2 Å². The maximum atomic E-state index is 12.6. The number of benzene rings is 1. The highest BCUT2D eigenvalue weighted by atomic mass is 16.1. The van der Waals surface area contributed by atoms with Crippen LogP contribution in [0.3, 0.4) is 0 Å². The molecule has 5 heteroatoms. The molecule has 3 aromatic rings. The van der Waals surface area contributed by atoms with Crippen molar-refractivity contribution in [1.82, 2.24) is 9.97 Å². The topological polar surface area (TPSA) is 66.9 Å². The van der Waals surface area contributed by atoms with Gasteiger partial charge in [-0.25, -0.2) is 4.98 Å². The van der Waals surface area contributed by atoms with Gasteiger partial charge in [-0.05, 0) is 74.7 Å². The third-order valence-corrected chi connectivity index (χ3v) is 4.50. The van der Waals surface area contributed by atoms with Gasteiger partial charge in [0.05, 0.1) is 5.92 Å². The number of nitrogens with zero attached hydrogens (tertiary/aromatic N) is 2. The van der Waals surface area contributed by atoms with Crippen molar-refractivity contribution < 1.29 is 4.79 Å². The first-order valence-electron chi connectivity index (χ1n) is 9.49. The number of aryl methyl sites for hydroxylation is 1. The number of aromatic nitrogens is 2. The number of anilines is 2. The lowest BCUT2D eigenvalue weighted by Crippen LogP contribution is -2.19. The summed E-state index contributed by atoms with van der Waals surface area (Å²) in [6.45, 7) is 7.98. The number of hydrogen-bond donors (Lipinski definition) is 2. The highest BCUT2D eigenvalue weighted by molar-refractivity contribution is 5.95. The fraction of sp³-hybridized carbons (Fsp3) is 0.261. The molecule has 1 aromatic carbocycles. The lowest BCUT2D eigenvalue weighted by molar-refractivity contribution is -0.117. The predicted molar refractivity (Wildman–Crippen MR) is 114 cm³/mol. The molecule has 0 radical (unpaired) electrons. The molecule has 5 nitrogen and oxygen atoms in total. The van der Waals surface area contributed by atoms with Crippen molar-refractivity contribution in [2.45, 2.75) is 39.7 Å². The van der Waals surface area contributed by atoms with E-state index in [4.69, 9.17) is 0 Å². The van der Waals surface area contributed by atoms with Crippen LogP contribution in [0.4, 0.5) is 11.5 Å². The number of carbonyl (C=O) groups is 1. The Morgan fingerprint density at radius 1 is 0.929 bits per heavy atom. The molecule has 0 bridgehead atoms. The van der Waals surface area contributed by atoms with Crippen LogP contribution in [-0.4, -0.2) is 21.9 Å². The summed E-state index contributed by atoms with van der Waals surface area (Å²) in [5.41, 5.74) is 4.84. The van der Waals surface area contributed by atoms with E-state index in [1.165, 1.54) is 0 Å². The number of pyridine rings is 2. The maximum absolute atomic E-state index is 12.6. The Hall–Kier alpha value is -3.21. The number of amides is 1. The summed E-state index contributed by atoms with van der Waals surface area (Å²) < 4.78 is 0. The number of hydrogen-bond acceptors (Lipinski definition) is 4. The monoisotopic (exact) mass is 374 g/mol. The van der Waals surface area contributed by atoms with Gasteiger partial charge in [0.25, 0.3) is 0 Å². The van der Waals surface area contributed by atoms with Gasteiger partial charge in [-0.3, -0.25) is 9.78 Å². The number of rotatable bonds is 6. The quantitative estimate of drug-likeness (QED) is 0.636. The van der Waals surface area contributed by atoms with E-state index < -0.39 is 0 Å². The Kier molecular flexibility index (Phi) is 6.04. The van der Waals surface area contributed by atoms with Crippen molar-refractivity contribution in [1.29, 1.82) is 0 Å². The number of carbonyl (C=O) groups excluding carboxylic acids is 1. The van der Waals surface area contributed by atoms with Crippen LogP contribution in [0.1, 0.15) is 37.9 Å². The SMILES string of the molecule is Cc1cc(-c2ccc(NC(=O)C(C)c3ccc(NC(C)C)nc3)cc2)ccn1. The van der Waals surface area contributed by atoms with E-state index >= 15 is 0 Å². The third-order valence-electron chi connectivity index (χ3n) is 4.50. The summed E-state index contributed by atoms with van der Waals surface area (Å²) in [5, 5.41) is 6.23. The van der Waals surface area contributed by atoms with Crippen LogP contribution in [-0.2, 0) is 4.79 Å². The first kappa shape index (κ1) is 19.5. The van der Waals surface area contributed by atoms with Gasteiger partial charge in [-0.2, -0.15) is 0 Å². The van der Waals surface area contributed by atoms with E-state index in [9.17, 15) is 4.79 Å². The molecule has 1 unspecified atom stereocenters. The molecule has 0 aliphatic rings. The van der Waals surface area contributed by atoms with Crippen molar-refractivity contribution in [3.05, 3.63) is 72.2 Å². The van der Waals surface area contributed by atoms with E-state index in [0.717, 1.165) is 33.9 Å². The third kappa shape index (κ3) is 4.94. The molecule has 0 saturated heterocycles. The van der Waals surface area contributed by atoms with E-state index in [-0.39, 0.29) is 11.8 Å². The van der Waals surface area contributed by atoms with Gasteiger partial charge in [0.15, 0.2) is 0 Å². The van der Waals surface area contributed by atoms with Crippen LogP contribution in [0.5, 0.6) is 0 Å². The highest BCUT2D eigenvalue weighted by Crippen LogP contribution is 2.23. The lowest BCUT2D eigenvalue weighted by Gasteiger charge is -2.14. The zero-order valence-corrected chi connectivity index (χ0v) is 16.7. The summed E-state index contributed by atoms with van der Waals surface area (Å²) in [7, 11) is 0. The van der Waals surface area contributed by atoms with E-state index in [1.54, 1.807) is 12.4 Å². The molecular weight excluding hydrogens is 348 g/mol. The van der Waals surface area contributed by atoms with Gasteiger partial charge >= 0.3 is 0 Å². The second kappa shape index (κ2) is 8.65. The Morgan fingerprint density at radius 3 is 2.29 bits per heavy atom. The average molecular weight is 374 g/mol. The summed E-state index contributed by atoms with van der Waals surface area (Å²) in [5.74, 6) is 0.468. The molecule has 1 amide bonds. The van der Waals surface area contributed by atoms with Gasteiger partial charge in [0, 0.05) is 29.8 Å². The second-order valence-electron chi connectivity index (χ2n) is 7.25. The Morgan fingerprint density at radius 2 is 1.68 bits per heavy atom. The van der Waals surface area contributed by atoms with Crippen molar-refractivity contribution in [2.24, 2.45) is 0 Å². The van der Waals surface area contributed by atoms with Crippen molar-refractivity contribution in [3.63, 3.8) is 0 Å². The second-order valence-corrected chi connectivity index (χ2v) is 7.25. The Bertz CT molecular complexity index is 934. The van der Waals surface area contributed by atoms with Crippen molar-refractivity contribution >= 4 is 17.4 Å². The Labute approximate surface area is 166 Å². The summed E-state index contributed by atoms with van der Waals surface area (Å²) in [6, 6.07) is 16.0. The fourth-order valence-corrected chi connectivity index (χ4v) is 2.92. The van der Waals surface area contributed by atoms with E-state index in [1.807, 2.05) is 62.4 Å². The lowest BCUT2D eigenvalue weighted by atomic mass is 10.0. The molecule has 0 fully saturated rings. The molecular formula is C23H26N4O. The molecule has 144 valence electrons.